The molecule has 0 saturated carbocycles. The van der Waals surface area contributed by atoms with Gasteiger partial charge in [-0.15, -0.1) is 0 Å². The number of ether oxygens (including phenoxy) is 2. The lowest BCUT2D eigenvalue weighted by Crippen LogP contribution is -2.67. The standard InChI is InChI=1S/C27H26ClN3O4/c1-34-22-13-12-21(24(29-22)35-2)25(32)30-16-14-27(15-17-30)23(18-8-10-19(28)11-9-18)31(26(27)33)20-6-4-3-5-7-20/h3-13,23H,14-17H2,1-2H3. The molecule has 35 heavy (non-hydrogen) atoms. The number of benzene rings is 2. The van der Waals surface area contributed by atoms with Gasteiger partial charge in [-0.05, 0) is 48.7 Å². The predicted molar refractivity (Wildman–Crippen MR) is 133 cm³/mol. The molecule has 1 atom stereocenters. The lowest BCUT2D eigenvalue weighted by Gasteiger charge is -2.59. The van der Waals surface area contributed by atoms with E-state index < -0.39 is 5.41 Å². The van der Waals surface area contributed by atoms with Crippen molar-refractivity contribution in [1.82, 2.24) is 9.88 Å². The van der Waals surface area contributed by atoms with E-state index in [1.165, 1.54) is 14.2 Å². The minimum absolute atomic E-state index is 0.0967. The van der Waals surface area contributed by atoms with Gasteiger partial charge in [0, 0.05) is 29.9 Å². The van der Waals surface area contributed by atoms with Gasteiger partial charge in [-0.1, -0.05) is 41.9 Å². The second kappa shape index (κ2) is 9.23. The molecule has 2 saturated heterocycles. The molecule has 8 heteroatoms. The number of anilines is 1. The number of carbonyl (C=O) groups is 2. The number of carbonyl (C=O) groups excluding carboxylic acids is 2. The topological polar surface area (TPSA) is 72.0 Å². The lowest BCUT2D eigenvalue weighted by atomic mass is 9.62. The Hall–Kier alpha value is -3.58. The third-order valence-corrected chi connectivity index (χ3v) is 7.31. The first-order valence-corrected chi connectivity index (χ1v) is 11.9. The summed E-state index contributed by atoms with van der Waals surface area (Å²) >= 11 is 6.14. The third-order valence-electron chi connectivity index (χ3n) is 7.06. The highest BCUT2D eigenvalue weighted by molar-refractivity contribution is 6.30. The van der Waals surface area contributed by atoms with Crippen molar-refractivity contribution in [2.24, 2.45) is 5.41 Å². The van der Waals surface area contributed by atoms with Gasteiger partial charge in [0.2, 0.25) is 17.7 Å². The first-order valence-electron chi connectivity index (χ1n) is 11.5. The van der Waals surface area contributed by atoms with Crippen LogP contribution in [-0.2, 0) is 4.79 Å². The van der Waals surface area contributed by atoms with E-state index in [9.17, 15) is 9.59 Å². The fourth-order valence-corrected chi connectivity index (χ4v) is 5.37. The second-order valence-electron chi connectivity index (χ2n) is 8.82. The van der Waals surface area contributed by atoms with Crippen molar-refractivity contribution in [2.45, 2.75) is 18.9 Å². The van der Waals surface area contributed by atoms with E-state index in [1.54, 1.807) is 17.0 Å². The molecule has 2 amide bonds. The molecule has 0 radical (unpaired) electrons. The normalized spacial score (nSPS) is 18.8. The smallest absolute Gasteiger partial charge is 0.259 e. The number of para-hydroxylation sites is 1. The summed E-state index contributed by atoms with van der Waals surface area (Å²) in [6, 6.07) is 20.6. The minimum Gasteiger partial charge on any atom is -0.481 e. The number of β-lactam (4-membered cyclic amide) rings is 1. The van der Waals surface area contributed by atoms with Gasteiger partial charge in [0.15, 0.2) is 0 Å². The Balaban J connectivity index is 1.41. The van der Waals surface area contributed by atoms with Crippen molar-refractivity contribution in [3.8, 4) is 11.8 Å². The maximum Gasteiger partial charge on any atom is 0.259 e. The number of piperidine rings is 1. The molecular formula is C27H26ClN3O4. The Labute approximate surface area is 209 Å². The molecule has 0 aliphatic carbocycles. The van der Waals surface area contributed by atoms with Gasteiger partial charge in [0.1, 0.15) is 5.56 Å². The van der Waals surface area contributed by atoms with Crippen molar-refractivity contribution in [2.75, 3.05) is 32.2 Å². The highest BCUT2D eigenvalue weighted by atomic mass is 35.5. The highest BCUT2D eigenvalue weighted by Gasteiger charge is 2.62. The predicted octanol–water partition coefficient (Wildman–Crippen LogP) is 4.76. The molecule has 0 N–H and O–H groups in total. The van der Waals surface area contributed by atoms with E-state index in [-0.39, 0.29) is 23.7 Å². The molecule has 2 aliphatic heterocycles. The van der Waals surface area contributed by atoms with Gasteiger partial charge in [-0.2, -0.15) is 4.98 Å². The molecule has 5 rings (SSSR count). The van der Waals surface area contributed by atoms with Crippen LogP contribution in [0.2, 0.25) is 5.02 Å². The summed E-state index contributed by atoms with van der Waals surface area (Å²) < 4.78 is 10.5. The maximum atomic E-state index is 13.7. The first kappa shape index (κ1) is 23.2. The van der Waals surface area contributed by atoms with E-state index in [2.05, 4.69) is 4.98 Å². The highest BCUT2D eigenvalue weighted by Crippen LogP contribution is 2.57. The van der Waals surface area contributed by atoms with E-state index in [4.69, 9.17) is 21.1 Å². The van der Waals surface area contributed by atoms with Crippen molar-refractivity contribution in [3.05, 3.63) is 82.9 Å². The summed E-state index contributed by atoms with van der Waals surface area (Å²) in [7, 11) is 2.99. The van der Waals surface area contributed by atoms with Crippen molar-refractivity contribution in [3.63, 3.8) is 0 Å². The van der Waals surface area contributed by atoms with Crippen LogP contribution in [0.3, 0.4) is 0 Å². The molecule has 7 nitrogen and oxygen atoms in total. The zero-order valence-corrected chi connectivity index (χ0v) is 20.4. The quantitative estimate of drug-likeness (QED) is 0.481. The van der Waals surface area contributed by atoms with Crippen LogP contribution >= 0.6 is 11.6 Å². The van der Waals surface area contributed by atoms with Gasteiger partial charge in [-0.25, -0.2) is 0 Å². The lowest BCUT2D eigenvalue weighted by molar-refractivity contribution is -0.144. The number of aromatic nitrogens is 1. The minimum atomic E-state index is -0.567. The largest absolute Gasteiger partial charge is 0.481 e. The third kappa shape index (κ3) is 3.90. The Bertz CT molecular complexity index is 1240. The molecule has 1 spiro atoms. The van der Waals surface area contributed by atoms with E-state index in [0.717, 1.165) is 11.3 Å². The Kier molecular flexibility index (Phi) is 6.11. The molecule has 2 aromatic carbocycles. The fraction of sp³-hybridized carbons (Fsp3) is 0.296. The van der Waals surface area contributed by atoms with Crippen molar-refractivity contribution in [1.29, 1.82) is 0 Å². The Morgan fingerprint density at radius 1 is 0.971 bits per heavy atom. The molecule has 3 heterocycles. The van der Waals surface area contributed by atoms with E-state index >= 15 is 0 Å². The van der Waals surface area contributed by atoms with E-state index in [0.29, 0.717) is 42.4 Å². The van der Waals surface area contributed by atoms with Gasteiger partial charge in [0.25, 0.3) is 5.91 Å². The van der Waals surface area contributed by atoms with Crippen molar-refractivity contribution < 1.29 is 19.1 Å². The Morgan fingerprint density at radius 3 is 2.29 bits per heavy atom. The van der Waals surface area contributed by atoms with Crippen LogP contribution in [0.5, 0.6) is 11.8 Å². The summed E-state index contributed by atoms with van der Waals surface area (Å²) in [6.45, 7) is 0.930. The van der Waals surface area contributed by atoms with Crippen LogP contribution in [0.15, 0.2) is 66.7 Å². The average molecular weight is 492 g/mol. The Morgan fingerprint density at radius 2 is 1.66 bits per heavy atom. The zero-order chi connectivity index (χ0) is 24.6. The summed E-state index contributed by atoms with van der Waals surface area (Å²) in [5, 5.41) is 0.655. The van der Waals surface area contributed by atoms with E-state index in [1.807, 2.05) is 59.5 Å². The molecular weight excluding hydrogens is 466 g/mol. The maximum absolute atomic E-state index is 13.7. The summed E-state index contributed by atoms with van der Waals surface area (Å²) in [5.41, 5.74) is 1.72. The monoisotopic (exact) mass is 491 g/mol. The van der Waals surface area contributed by atoms with Crippen LogP contribution < -0.4 is 14.4 Å². The number of hydrogen-bond acceptors (Lipinski definition) is 5. The summed E-state index contributed by atoms with van der Waals surface area (Å²) in [6.07, 6.45) is 1.14. The van der Waals surface area contributed by atoms with Gasteiger partial charge < -0.3 is 19.3 Å². The molecule has 3 aromatic rings. The number of amides is 2. The van der Waals surface area contributed by atoms with Gasteiger partial charge >= 0.3 is 0 Å². The van der Waals surface area contributed by atoms with Crippen LogP contribution in [-0.4, -0.2) is 49.0 Å². The van der Waals surface area contributed by atoms with Crippen LogP contribution in [0.4, 0.5) is 5.69 Å². The zero-order valence-electron chi connectivity index (χ0n) is 19.6. The SMILES string of the molecule is COc1ccc(C(=O)N2CCC3(CC2)C(=O)N(c2ccccc2)C3c2ccc(Cl)cc2)c(OC)n1. The van der Waals surface area contributed by atoms with Gasteiger partial charge in [0.05, 0.1) is 25.7 Å². The van der Waals surface area contributed by atoms with Crippen molar-refractivity contribution >= 4 is 29.1 Å². The fourth-order valence-electron chi connectivity index (χ4n) is 5.25. The summed E-state index contributed by atoms with van der Waals surface area (Å²) in [5.74, 6) is 0.535. The van der Waals surface area contributed by atoms with Crippen LogP contribution in [0.1, 0.15) is 34.8 Å². The number of rotatable bonds is 5. The molecule has 2 aliphatic rings. The molecule has 2 fully saturated rings. The molecule has 0 bridgehead atoms. The first-order chi connectivity index (χ1) is 17.0. The number of nitrogens with zero attached hydrogens (tertiary/aromatic N) is 3. The number of halogens is 1. The number of methoxy groups -OCH3 is 2. The molecule has 1 aromatic heterocycles. The number of pyridine rings is 1. The van der Waals surface area contributed by atoms with Gasteiger partial charge in [-0.3, -0.25) is 9.59 Å². The molecule has 1 unspecified atom stereocenters. The second-order valence-corrected chi connectivity index (χ2v) is 9.26. The number of likely N-dealkylation sites (tertiary alicyclic amines) is 1. The van der Waals surface area contributed by atoms with Crippen LogP contribution in [0.25, 0.3) is 0 Å². The summed E-state index contributed by atoms with van der Waals surface area (Å²) in [4.78, 5) is 34.8. The number of hydrogen-bond donors (Lipinski definition) is 0. The average Bonchev–Trinajstić information content (AvgIpc) is 2.91. The van der Waals surface area contributed by atoms with Crippen LogP contribution in [0, 0.1) is 5.41 Å². The molecule has 180 valence electrons.